The molecule has 0 spiro atoms. The summed E-state index contributed by atoms with van der Waals surface area (Å²) in [6.07, 6.45) is 3.76. The Kier molecular flexibility index (Phi) is 4.06. The third-order valence-electron chi connectivity index (χ3n) is 2.36. The fourth-order valence-corrected chi connectivity index (χ4v) is 2.13. The molecule has 0 amide bonds. The van der Waals surface area contributed by atoms with Crippen LogP contribution in [0.4, 0.5) is 0 Å². The number of hydrogen-bond acceptors (Lipinski definition) is 5. The normalized spacial score (nSPS) is 11.9. The molecule has 6 heteroatoms. The number of aryl methyl sites for hydroxylation is 1. The van der Waals surface area contributed by atoms with E-state index in [1.807, 2.05) is 16.9 Å². The van der Waals surface area contributed by atoms with Gasteiger partial charge in [-0.2, -0.15) is 21.8 Å². The van der Waals surface area contributed by atoms with Gasteiger partial charge in [0.15, 0.2) is 5.82 Å². The zero-order valence-corrected chi connectivity index (χ0v) is 11.8. The summed E-state index contributed by atoms with van der Waals surface area (Å²) in [5.41, 5.74) is -0.0784. The smallest absolute Gasteiger partial charge is 0.232 e. The molecule has 0 atom stereocenters. The monoisotopic (exact) mass is 266 g/mol. The van der Waals surface area contributed by atoms with E-state index in [0.717, 1.165) is 23.9 Å². The van der Waals surface area contributed by atoms with Gasteiger partial charge in [-0.05, 0) is 6.07 Å². The lowest BCUT2D eigenvalue weighted by atomic mass is 9.97. The van der Waals surface area contributed by atoms with E-state index in [1.54, 1.807) is 18.0 Å². The lowest BCUT2D eigenvalue weighted by Gasteiger charge is -2.10. The molecule has 0 N–H and O–H groups in total. The third kappa shape index (κ3) is 3.60. The van der Waals surface area contributed by atoms with Crippen molar-refractivity contribution in [3.63, 3.8) is 0 Å². The molecule has 0 saturated carbocycles. The average molecular weight is 266 g/mol. The predicted octanol–water partition coefficient (Wildman–Crippen LogP) is 2.50. The summed E-state index contributed by atoms with van der Waals surface area (Å²) in [6, 6.07) is 1.93. The standard InChI is InChI=1S/C12H18N4OS/c1-12(2,3)11-14-10(15-17-11)9-18-8-7-16-6-4-5-13-16/h4-6H,7-9H2,1-3H3. The SMILES string of the molecule is CC(C)(C)c1nc(CSCCn2cccn2)no1. The molecular formula is C12H18N4OS. The van der Waals surface area contributed by atoms with E-state index in [1.165, 1.54) is 0 Å². The second-order valence-electron chi connectivity index (χ2n) is 5.09. The van der Waals surface area contributed by atoms with Crippen LogP contribution in [0.25, 0.3) is 0 Å². The van der Waals surface area contributed by atoms with E-state index in [-0.39, 0.29) is 5.41 Å². The van der Waals surface area contributed by atoms with E-state index in [0.29, 0.717) is 5.89 Å². The molecule has 98 valence electrons. The molecule has 18 heavy (non-hydrogen) atoms. The van der Waals surface area contributed by atoms with Crippen LogP contribution >= 0.6 is 11.8 Å². The maximum atomic E-state index is 5.24. The molecule has 5 nitrogen and oxygen atoms in total. The number of thioether (sulfide) groups is 1. The van der Waals surface area contributed by atoms with Crippen LogP contribution in [-0.4, -0.2) is 25.7 Å². The van der Waals surface area contributed by atoms with Crippen molar-refractivity contribution in [1.29, 1.82) is 0 Å². The lowest BCUT2D eigenvalue weighted by molar-refractivity contribution is 0.319. The molecule has 2 rings (SSSR count). The Morgan fingerprint density at radius 1 is 1.39 bits per heavy atom. The van der Waals surface area contributed by atoms with Crippen LogP contribution in [0.2, 0.25) is 0 Å². The predicted molar refractivity (Wildman–Crippen MR) is 71.4 cm³/mol. The first kappa shape index (κ1) is 13.1. The second kappa shape index (κ2) is 5.56. The van der Waals surface area contributed by atoms with Gasteiger partial charge in [-0.3, -0.25) is 4.68 Å². The van der Waals surface area contributed by atoms with Gasteiger partial charge in [0.1, 0.15) is 0 Å². The molecule has 0 bridgehead atoms. The van der Waals surface area contributed by atoms with E-state index >= 15 is 0 Å². The molecule has 2 heterocycles. The maximum absolute atomic E-state index is 5.24. The van der Waals surface area contributed by atoms with Crippen LogP contribution in [0.1, 0.15) is 32.5 Å². The second-order valence-corrected chi connectivity index (χ2v) is 6.19. The van der Waals surface area contributed by atoms with Crippen LogP contribution in [-0.2, 0) is 17.7 Å². The minimum Gasteiger partial charge on any atom is -0.339 e. The first-order chi connectivity index (χ1) is 8.55. The Morgan fingerprint density at radius 3 is 2.83 bits per heavy atom. The Hall–Kier alpha value is -1.30. The highest BCUT2D eigenvalue weighted by Crippen LogP contribution is 2.20. The van der Waals surface area contributed by atoms with Gasteiger partial charge in [-0.1, -0.05) is 25.9 Å². The fourth-order valence-electron chi connectivity index (χ4n) is 1.37. The topological polar surface area (TPSA) is 56.7 Å². The number of rotatable bonds is 5. The first-order valence-electron chi connectivity index (χ1n) is 5.94. The van der Waals surface area contributed by atoms with Gasteiger partial charge in [0.05, 0.1) is 5.75 Å². The molecule has 0 aliphatic rings. The highest BCUT2D eigenvalue weighted by atomic mass is 32.2. The summed E-state index contributed by atoms with van der Waals surface area (Å²) in [7, 11) is 0. The molecule has 0 aliphatic carbocycles. The maximum Gasteiger partial charge on any atom is 0.232 e. The zero-order valence-electron chi connectivity index (χ0n) is 11.0. The van der Waals surface area contributed by atoms with Gasteiger partial charge in [0.2, 0.25) is 5.89 Å². The van der Waals surface area contributed by atoms with E-state index in [4.69, 9.17) is 4.52 Å². The molecule has 2 aromatic heterocycles. The van der Waals surface area contributed by atoms with E-state index in [9.17, 15) is 0 Å². The van der Waals surface area contributed by atoms with Crippen LogP contribution in [0, 0.1) is 0 Å². The van der Waals surface area contributed by atoms with Crippen LogP contribution in [0.5, 0.6) is 0 Å². The van der Waals surface area contributed by atoms with Gasteiger partial charge >= 0.3 is 0 Å². The van der Waals surface area contributed by atoms with Gasteiger partial charge in [-0.15, -0.1) is 0 Å². The Morgan fingerprint density at radius 2 is 2.22 bits per heavy atom. The highest BCUT2D eigenvalue weighted by molar-refractivity contribution is 7.98. The van der Waals surface area contributed by atoms with Crippen molar-refractivity contribution in [3.05, 3.63) is 30.2 Å². The largest absolute Gasteiger partial charge is 0.339 e. The van der Waals surface area contributed by atoms with Gasteiger partial charge in [0.25, 0.3) is 0 Å². The molecule has 0 radical (unpaired) electrons. The molecule has 0 aromatic carbocycles. The zero-order chi connectivity index (χ0) is 13.0. The van der Waals surface area contributed by atoms with E-state index < -0.39 is 0 Å². The van der Waals surface area contributed by atoms with Crippen molar-refractivity contribution in [2.24, 2.45) is 0 Å². The summed E-state index contributed by atoms with van der Waals surface area (Å²) >= 11 is 1.78. The Labute approximate surface area is 111 Å². The number of aromatic nitrogens is 4. The van der Waals surface area contributed by atoms with Gasteiger partial charge in [0, 0.05) is 30.1 Å². The lowest BCUT2D eigenvalue weighted by Crippen LogP contribution is -2.11. The molecular weight excluding hydrogens is 248 g/mol. The molecule has 0 saturated heterocycles. The number of nitrogens with zero attached hydrogens (tertiary/aromatic N) is 4. The summed E-state index contributed by atoms with van der Waals surface area (Å²) in [4.78, 5) is 4.40. The summed E-state index contributed by atoms with van der Waals surface area (Å²) < 4.78 is 7.16. The van der Waals surface area contributed by atoms with Gasteiger partial charge in [-0.25, -0.2) is 0 Å². The van der Waals surface area contributed by atoms with Crippen molar-refractivity contribution in [3.8, 4) is 0 Å². The van der Waals surface area contributed by atoms with Gasteiger partial charge < -0.3 is 4.52 Å². The third-order valence-corrected chi connectivity index (χ3v) is 3.30. The molecule has 0 unspecified atom stereocenters. The van der Waals surface area contributed by atoms with Crippen molar-refractivity contribution in [2.45, 2.75) is 38.5 Å². The first-order valence-corrected chi connectivity index (χ1v) is 7.09. The summed E-state index contributed by atoms with van der Waals surface area (Å²) in [5.74, 6) is 3.23. The van der Waals surface area contributed by atoms with Crippen molar-refractivity contribution < 1.29 is 4.52 Å². The van der Waals surface area contributed by atoms with Crippen molar-refractivity contribution in [1.82, 2.24) is 19.9 Å². The van der Waals surface area contributed by atoms with Crippen LogP contribution < -0.4 is 0 Å². The Balaban J connectivity index is 1.75. The van der Waals surface area contributed by atoms with Crippen LogP contribution in [0.3, 0.4) is 0 Å². The van der Waals surface area contributed by atoms with E-state index in [2.05, 4.69) is 36.0 Å². The molecule has 2 aromatic rings. The van der Waals surface area contributed by atoms with Crippen molar-refractivity contribution >= 4 is 11.8 Å². The molecule has 0 fully saturated rings. The van der Waals surface area contributed by atoms with Crippen molar-refractivity contribution in [2.75, 3.05) is 5.75 Å². The number of hydrogen-bond donors (Lipinski definition) is 0. The Bertz CT molecular complexity index is 472. The van der Waals surface area contributed by atoms with Crippen LogP contribution in [0.15, 0.2) is 23.0 Å². The summed E-state index contributed by atoms with van der Waals surface area (Å²) in [5, 5.41) is 8.14. The fraction of sp³-hybridized carbons (Fsp3) is 0.583. The molecule has 0 aliphatic heterocycles. The minimum atomic E-state index is -0.0784. The quantitative estimate of drug-likeness (QED) is 0.778. The summed E-state index contributed by atoms with van der Waals surface area (Å²) in [6.45, 7) is 7.10. The minimum absolute atomic E-state index is 0.0784. The highest BCUT2D eigenvalue weighted by Gasteiger charge is 2.21. The average Bonchev–Trinajstić information content (AvgIpc) is 2.95.